The number of nitrogens with zero attached hydrogens (tertiary/aromatic N) is 2. The van der Waals surface area contributed by atoms with Gasteiger partial charge in [0.2, 0.25) is 5.91 Å². The van der Waals surface area contributed by atoms with Gasteiger partial charge in [0, 0.05) is 11.3 Å². The number of rotatable bonds is 5. The number of hydrogen-bond donors (Lipinski definition) is 1. The van der Waals surface area contributed by atoms with Crippen molar-refractivity contribution in [2.45, 2.75) is 11.3 Å². The lowest BCUT2D eigenvalue weighted by atomic mass is 10.2. The first-order chi connectivity index (χ1) is 14.6. The van der Waals surface area contributed by atoms with Crippen LogP contribution in [-0.4, -0.2) is 21.6 Å². The Labute approximate surface area is 186 Å². The number of carbonyl (C=O) groups excluding carboxylic acids is 1. The van der Waals surface area contributed by atoms with Crippen molar-refractivity contribution in [2.75, 3.05) is 11.1 Å². The average molecular weight is 448 g/mol. The quantitative estimate of drug-likeness (QED) is 0.308. The summed E-state index contributed by atoms with van der Waals surface area (Å²) in [7, 11) is 0. The van der Waals surface area contributed by atoms with E-state index in [1.54, 1.807) is 22.7 Å². The van der Waals surface area contributed by atoms with Crippen LogP contribution in [-0.2, 0) is 4.79 Å². The second-order valence-corrected chi connectivity index (χ2v) is 10.1. The van der Waals surface area contributed by atoms with Crippen molar-refractivity contribution in [2.24, 2.45) is 0 Å². The average Bonchev–Trinajstić information content (AvgIpc) is 3.36. The molecule has 1 amide bonds. The fourth-order valence-electron chi connectivity index (χ4n) is 3.09. The summed E-state index contributed by atoms with van der Waals surface area (Å²) in [5.74, 6) is 0.293. The zero-order chi connectivity index (χ0) is 20.5. The van der Waals surface area contributed by atoms with Crippen LogP contribution in [0.2, 0.25) is 0 Å². The number of anilines is 1. The molecule has 2 heterocycles. The second kappa shape index (κ2) is 8.18. The number of fused-ring (bicyclic) bond motifs is 2. The van der Waals surface area contributed by atoms with Crippen LogP contribution < -0.4 is 5.32 Å². The normalized spacial score (nSPS) is 11.2. The van der Waals surface area contributed by atoms with Crippen LogP contribution in [0.3, 0.4) is 0 Å². The number of aromatic nitrogens is 2. The highest BCUT2D eigenvalue weighted by Crippen LogP contribution is 2.32. The minimum atomic E-state index is -0.0394. The van der Waals surface area contributed by atoms with Gasteiger partial charge in [-0.05, 0) is 61.0 Å². The topological polar surface area (TPSA) is 54.9 Å². The SMILES string of the molecule is Cc1ccc2sc(-c3ccc(NC(=O)CSc4nc5ccccc5s4)cc3)nc2c1. The summed E-state index contributed by atoms with van der Waals surface area (Å²) >= 11 is 4.76. The highest BCUT2D eigenvalue weighted by Gasteiger charge is 2.10. The fourth-order valence-corrected chi connectivity index (χ4v) is 5.91. The van der Waals surface area contributed by atoms with Gasteiger partial charge >= 0.3 is 0 Å². The third kappa shape index (κ3) is 4.09. The Bertz CT molecular complexity index is 1320. The van der Waals surface area contributed by atoms with Gasteiger partial charge < -0.3 is 5.32 Å². The van der Waals surface area contributed by atoms with Crippen LogP contribution in [0.5, 0.6) is 0 Å². The molecule has 0 bridgehead atoms. The molecule has 5 aromatic rings. The molecule has 0 radical (unpaired) electrons. The summed E-state index contributed by atoms with van der Waals surface area (Å²) in [4.78, 5) is 21.6. The number of nitrogens with one attached hydrogen (secondary N) is 1. The lowest BCUT2D eigenvalue weighted by Crippen LogP contribution is -2.13. The molecule has 0 spiro atoms. The third-order valence-electron chi connectivity index (χ3n) is 4.56. The molecule has 0 aliphatic carbocycles. The predicted molar refractivity (Wildman–Crippen MR) is 129 cm³/mol. The van der Waals surface area contributed by atoms with E-state index >= 15 is 0 Å². The number of carbonyl (C=O) groups is 1. The molecule has 0 atom stereocenters. The molecule has 2 aromatic heterocycles. The number of hydrogen-bond acceptors (Lipinski definition) is 6. The maximum Gasteiger partial charge on any atom is 0.234 e. The van der Waals surface area contributed by atoms with E-state index in [2.05, 4.69) is 35.4 Å². The summed E-state index contributed by atoms with van der Waals surface area (Å²) < 4.78 is 3.23. The van der Waals surface area contributed by atoms with Gasteiger partial charge in [-0.15, -0.1) is 22.7 Å². The van der Waals surface area contributed by atoms with Crippen LogP contribution in [0.15, 0.2) is 71.1 Å². The van der Waals surface area contributed by atoms with Gasteiger partial charge in [0.1, 0.15) is 5.01 Å². The molecular formula is C23H17N3OS3. The molecule has 4 nitrogen and oxygen atoms in total. The molecular weight excluding hydrogens is 430 g/mol. The Balaban J connectivity index is 1.23. The maximum absolute atomic E-state index is 12.3. The summed E-state index contributed by atoms with van der Waals surface area (Å²) in [6, 6.07) is 22.2. The molecule has 5 rings (SSSR count). The first-order valence-electron chi connectivity index (χ1n) is 9.40. The summed E-state index contributed by atoms with van der Waals surface area (Å²) in [5, 5.41) is 3.94. The predicted octanol–water partition coefficient (Wildman–Crippen LogP) is 6.61. The van der Waals surface area contributed by atoms with Gasteiger partial charge in [0.15, 0.2) is 4.34 Å². The van der Waals surface area contributed by atoms with Gasteiger partial charge in [-0.3, -0.25) is 4.79 Å². The van der Waals surface area contributed by atoms with Gasteiger partial charge in [-0.25, -0.2) is 9.97 Å². The van der Waals surface area contributed by atoms with E-state index in [0.29, 0.717) is 5.75 Å². The van der Waals surface area contributed by atoms with Crippen LogP contribution in [0.4, 0.5) is 5.69 Å². The lowest BCUT2D eigenvalue weighted by Gasteiger charge is -2.05. The van der Waals surface area contributed by atoms with Crippen molar-refractivity contribution < 1.29 is 4.79 Å². The molecule has 1 N–H and O–H groups in total. The van der Waals surface area contributed by atoms with E-state index in [9.17, 15) is 4.79 Å². The van der Waals surface area contributed by atoms with Crippen LogP contribution >= 0.6 is 34.4 Å². The highest BCUT2D eigenvalue weighted by atomic mass is 32.2. The van der Waals surface area contributed by atoms with E-state index < -0.39 is 0 Å². The van der Waals surface area contributed by atoms with Crippen molar-refractivity contribution >= 4 is 66.5 Å². The molecule has 0 aliphatic rings. The maximum atomic E-state index is 12.3. The molecule has 0 unspecified atom stereocenters. The first kappa shape index (κ1) is 19.2. The number of thiazole rings is 2. The number of thioether (sulfide) groups is 1. The van der Waals surface area contributed by atoms with E-state index in [4.69, 9.17) is 4.98 Å². The van der Waals surface area contributed by atoms with Gasteiger partial charge in [-0.2, -0.15) is 0 Å². The number of amides is 1. The lowest BCUT2D eigenvalue weighted by molar-refractivity contribution is -0.113. The van der Waals surface area contributed by atoms with E-state index in [1.807, 2.05) is 48.5 Å². The summed E-state index contributed by atoms with van der Waals surface area (Å²) in [6.07, 6.45) is 0. The van der Waals surface area contributed by atoms with Crippen molar-refractivity contribution in [3.8, 4) is 10.6 Å². The van der Waals surface area contributed by atoms with Crippen LogP contribution in [0.1, 0.15) is 5.56 Å². The van der Waals surface area contributed by atoms with Gasteiger partial charge in [-0.1, -0.05) is 30.0 Å². The Morgan fingerprint density at radius 3 is 2.57 bits per heavy atom. The third-order valence-corrected chi connectivity index (χ3v) is 7.82. The molecule has 0 fully saturated rings. The number of benzene rings is 3. The smallest absolute Gasteiger partial charge is 0.234 e. The number of para-hydroxylation sites is 1. The zero-order valence-corrected chi connectivity index (χ0v) is 18.5. The zero-order valence-electron chi connectivity index (χ0n) is 16.1. The molecule has 0 aliphatic heterocycles. The minimum absolute atomic E-state index is 0.0394. The van der Waals surface area contributed by atoms with Crippen LogP contribution in [0.25, 0.3) is 31.0 Å². The Kier molecular flexibility index (Phi) is 5.25. The van der Waals surface area contributed by atoms with Crippen molar-refractivity contribution in [3.63, 3.8) is 0 Å². The Hall–Kier alpha value is -2.74. The monoisotopic (exact) mass is 447 g/mol. The largest absolute Gasteiger partial charge is 0.325 e. The standard InChI is InChI=1S/C23H17N3OS3/c1-14-6-11-20-18(12-14)25-22(29-20)15-7-9-16(10-8-15)24-21(27)13-28-23-26-17-4-2-3-5-19(17)30-23/h2-12H,13H2,1H3,(H,24,27). The molecule has 148 valence electrons. The molecule has 30 heavy (non-hydrogen) atoms. The molecule has 7 heteroatoms. The van der Waals surface area contributed by atoms with E-state index in [1.165, 1.54) is 22.0 Å². The van der Waals surface area contributed by atoms with Crippen LogP contribution in [0, 0.1) is 6.92 Å². The second-order valence-electron chi connectivity index (χ2n) is 6.85. The van der Waals surface area contributed by atoms with Crippen molar-refractivity contribution in [3.05, 3.63) is 72.3 Å². The number of aryl methyl sites for hydroxylation is 1. The summed E-state index contributed by atoms with van der Waals surface area (Å²) in [5.41, 5.74) is 5.05. The van der Waals surface area contributed by atoms with E-state index in [-0.39, 0.29) is 5.91 Å². The van der Waals surface area contributed by atoms with Crippen molar-refractivity contribution in [1.82, 2.24) is 9.97 Å². The molecule has 0 saturated heterocycles. The Morgan fingerprint density at radius 2 is 1.73 bits per heavy atom. The molecule has 3 aromatic carbocycles. The first-order valence-corrected chi connectivity index (χ1v) is 12.0. The fraction of sp³-hybridized carbons (Fsp3) is 0.0870. The van der Waals surface area contributed by atoms with Gasteiger partial charge in [0.25, 0.3) is 0 Å². The highest BCUT2D eigenvalue weighted by molar-refractivity contribution is 8.01. The molecule has 0 saturated carbocycles. The van der Waals surface area contributed by atoms with Gasteiger partial charge in [0.05, 0.1) is 26.2 Å². The Morgan fingerprint density at radius 1 is 0.933 bits per heavy atom. The minimum Gasteiger partial charge on any atom is -0.325 e. The van der Waals surface area contributed by atoms with Crippen molar-refractivity contribution in [1.29, 1.82) is 0 Å². The van der Waals surface area contributed by atoms with E-state index in [0.717, 1.165) is 36.3 Å². The summed E-state index contributed by atoms with van der Waals surface area (Å²) in [6.45, 7) is 2.07.